The van der Waals surface area contributed by atoms with Gasteiger partial charge in [0.05, 0.1) is 17.9 Å². The number of hydrogen-bond donors (Lipinski definition) is 1. The Morgan fingerprint density at radius 2 is 2.12 bits per heavy atom. The predicted molar refractivity (Wildman–Crippen MR) is 60.3 cm³/mol. The smallest absolute Gasteiger partial charge is 0.255 e. The standard InChI is InChI=1S/C12H17NO3/c1-4-10(14)8(3)13-12(15)9-6-7-16-11(9)5-2/h6-8H,4-5H2,1-3H3,(H,13,15). The average Bonchev–Trinajstić information content (AvgIpc) is 2.75. The van der Waals surface area contributed by atoms with E-state index in [2.05, 4.69) is 5.32 Å². The van der Waals surface area contributed by atoms with Gasteiger partial charge < -0.3 is 9.73 Å². The summed E-state index contributed by atoms with van der Waals surface area (Å²) in [6, 6.07) is 1.18. The van der Waals surface area contributed by atoms with E-state index in [1.165, 1.54) is 6.26 Å². The van der Waals surface area contributed by atoms with Gasteiger partial charge >= 0.3 is 0 Å². The molecule has 0 aliphatic rings. The van der Waals surface area contributed by atoms with Gasteiger partial charge in [0.1, 0.15) is 5.76 Å². The molecule has 0 spiro atoms. The zero-order chi connectivity index (χ0) is 12.1. The number of amides is 1. The number of furan rings is 1. The number of hydrogen-bond acceptors (Lipinski definition) is 3. The van der Waals surface area contributed by atoms with Crippen molar-refractivity contribution >= 4 is 11.7 Å². The number of rotatable bonds is 5. The Hall–Kier alpha value is -1.58. The molecule has 0 aliphatic heterocycles. The van der Waals surface area contributed by atoms with Gasteiger partial charge in [0, 0.05) is 12.8 Å². The van der Waals surface area contributed by atoms with Crippen molar-refractivity contribution in [2.45, 2.75) is 39.7 Å². The maximum atomic E-state index is 11.8. The first kappa shape index (κ1) is 12.5. The van der Waals surface area contributed by atoms with Crippen LogP contribution in [0.2, 0.25) is 0 Å². The second kappa shape index (κ2) is 5.49. The van der Waals surface area contributed by atoms with E-state index in [1.807, 2.05) is 6.92 Å². The quantitative estimate of drug-likeness (QED) is 0.829. The Balaban J connectivity index is 2.69. The first-order valence-electron chi connectivity index (χ1n) is 5.50. The highest BCUT2D eigenvalue weighted by molar-refractivity contribution is 5.98. The van der Waals surface area contributed by atoms with E-state index >= 15 is 0 Å². The average molecular weight is 223 g/mol. The van der Waals surface area contributed by atoms with Crippen LogP contribution in [0.15, 0.2) is 16.7 Å². The molecule has 0 bridgehead atoms. The Labute approximate surface area is 95.0 Å². The summed E-state index contributed by atoms with van der Waals surface area (Å²) in [4.78, 5) is 23.1. The molecular formula is C12H17NO3. The lowest BCUT2D eigenvalue weighted by atomic mass is 10.1. The fraction of sp³-hybridized carbons (Fsp3) is 0.500. The maximum Gasteiger partial charge on any atom is 0.255 e. The minimum atomic E-state index is -0.447. The molecule has 0 radical (unpaired) electrons. The van der Waals surface area contributed by atoms with Gasteiger partial charge in [-0.1, -0.05) is 13.8 Å². The molecule has 1 aromatic heterocycles. The topological polar surface area (TPSA) is 59.3 Å². The zero-order valence-electron chi connectivity index (χ0n) is 9.87. The molecule has 1 rings (SSSR count). The van der Waals surface area contributed by atoms with Crippen molar-refractivity contribution in [1.29, 1.82) is 0 Å². The van der Waals surface area contributed by atoms with Crippen molar-refractivity contribution < 1.29 is 14.0 Å². The van der Waals surface area contributed by atoms with Crippen molar-refractivity contribution in [1.82, 2.24) is 5.32 Å². The molecule has 1 unspecified atom stereocenters. The van der Waals surface area contributed by atoms with Crippen LogP contribution < -0.4 is 5.32 Å². The van der Waals surface area contributed by atoms with Gasteiger partial charge in [-0.05, 0) is 13.0 Å². The molecule has 0 saturated carbocycles. The minimum Gasteiger partial charge on any atom is -0.469 e. The summed E-state index contributed by atoms with van der Waals surface area (Å²) in [7, 11) is 0. The summed E-state index contributed by atoms with van der Waals surface area (Å²) in [6.45, 7) is 5.38. The second-order valence-corrected chi connectivity index (χ2v) is 3.63. The Morgan fingerprint density at radius 3 is 2.69 bits per heavy atom. The molecule has 4 heteroatoms. The number of aryl methyl sites for hydroxylation is 1. The zero-order valence-corrected chi connectivity index (χ0v) is 9.87. The number of carbonyl (C=O) groups is 2. The Morgan fingerprint density at radius 1 is 1.44 bits per heavy atom. The van der Waals surface area contributed by atoms with Crippen LogP contribution in [0.4, 0.5) is 0 Å². The first-order valence-corrected chi connectivity index (χ1v) is 5.50. The van der Waals surface area contributed by atoms with Crippen LogP contribution in [0.5, 0.6) is 0 Å². The third-order valence-corrected chi connectivity index (χ3v) is 2.49. The highest BCUT2D eigenvalue weighted by Gasteiger charge is 2.18. The number of Topliss-reactive ketones (excluding diaryl/α,β-unsaturated/α-hetero) is 1. The molecule has 0 aromatic carbocycles. The summed E-state index contributed by atoms with van der Waals surface area (Å²) in [5.74, 6) is 0.420. The predicted octanol–water partition coefficient (Wildman–Crippen LogP) is 1.94. The van der Waals surface area contributed by atoms with Gasteiger partial charge in [0.2, 0.25) is 0 Å². The largest absolute Gasteiger partial charge is 0.469 e. The summed E-state index contributed by atoms with van der Waals surface area (Å²) in [6.07, 6.45) is 2.57. The van der Waals surface area contributed by atoms with Crippen molar-refractivity contribution in [2.24, 2.45) is 0 Å². The molecule has 1 atom stereocenters. The van der Waals surface area contributed by atoms with E-state index in [0.717, 1.165) is 0 Å². The Bertz CT molecular complexity index is 381. The van der Waals surface area contributed by atoms with Crippen LogP contribution in [0, 0.1) is 0 Å². The normalized spacial score (nSPS) is 12.2. The van der Waals surface area contributed by atoms with Gasteiger partial charge in [-0.25, -0.2) is 0 Å². The molecule has 0 aliphatic carbocycles. The van der Waals surface area contributed by atoms with Crippen molar-refractivity contribution in [3.8, 4) is 0 Å². The van der Waals surface area contributed by atoms with Gasteiger partial charge in [0.15, 0.2) is 5.78 Å². The molecule has 1 heterocycles. The van der Waals surface area contributed by atoms with Gasteiger partial charge in [-0.3, -0.25) is 9.59 Å². The highest BCUT2D eigenvalue weighted by Crippen LogP contribution is 2.11. The van der Waals surface area contributed by atoms with Crippen molar-refractivity contribution in [3.05, 3.63) is 23.7 Å². The summed E-state index contributed by atoms with van der Waals surface area (Å²) >= 11 is 0. The van der Waals surface area contributed by atoms with Crippen molar-refractivity contribution in [3.63, 3.8) is 0 Å². The van der Waals surface area contributed by atoms with E-state index in [4.69, 9.17) is 4.42 Å². The van der Waals surface area contributed by atoms with E-state index < -0.39 is 6.04 Å². The lowest BCUT2D eigenvalue weighted by Gasteiger charge is -2.11. The van der Waals surface area contributed by atoms with E-state index in [9.17, 15) is 9.59 Å². The van der Waals surface area contributed by atoms with Crippen LogP contribution in [-0.2, 0) is 11.2 Å². The van der Waals surface area contributed by atoms with Gasteiger partial charge in [-0.2, -0.15) is 0 Å². The molecule has 1 aromatic rings. The minimum absolute atomic E-state index is 0.0230. The summed E-state index contributed by atoms with van der Waals surface area (Å²) in [5, 5.41) is 2.66. The SMILES string of the molecule is CCC(=O)C(C)NC(=O)c1ccoc1CC. The molecular weight excluding hydrogens is 206 g/mol. The molecule has 0 fully saturated rings. The molecule has 0 saturated heterocycles. The van der Waals surface area contributed by atoms with Crippen molar-refractivity contribution in [2.75, 3.05) is 0 Å². The molecule has 16 heavy (non-hydrogen) atoms. The van der Waals surface area contributed by atoms with E-state index in [0.29, 0.717) is 24.2 Å². The van der Waals surface area contributed by atoms with Gasteiger partial charge in [-0.15, -0.1) is 0 Å². The van der Waals surface area contributed by atoms with E-state index in [-0.39, 0.29) is 11.7 Å². The number of nitrogens with one attached hydrogen (secondary N) is 1. The van der Waals surface area contributed by atoms with Gasteiger partial charge in [0.25, 0.3) is 5.91 Å². The number of ketones is 1. The van der Waals surface area contributed by atoms with Crippen LogP contribution in [-0.4, -0.2) is 17.7 Å². The monoisotopic (exact) mass is 223 g/mol. The third kappa shape index (κ3) is 2.72. The van der Waals surface area contributed by atoms with Crippen LogP contribution in [0.1, 0.15) is 43.3 Å². The molecule has 4 nitrogen and oxygen atoms in total. The lowest BCUT2D eigenvalue weighted by molar-refractivity contribution is -0.120. The Kier molecular flexibility index (Phi) is 4.28. The second-order valence-electron chi connectivity index (χ2n) is 3.63. The maximum absolute atomic E-state index is 11.8. The number of carbonyl (C=O) groups excluding carboxylic acids is 2. The molecule has 1 amide bonds. The molecule has 88 valence electrons. The highest BCUT2D eigenvalue weighted by atomic mass is 16.3. The molecule has 1 N–H and O–H groups in total. The van der Waals surface area contributed by atoms with Crippen LogP contribution in [0.25, 0.3) is 0 Å². The van der Waals surface area contributed by atoms with Crippen LogP contribution in [0.3, 0.4) is 0 Å². The first-order chi connectivity index (χ1) is 7.60. The third-order valence-electron chi connectivity index (χ3n) is 2.49. The van der Waals surface area contributed by atoms with E-state index in [1.54, 1.807) is 19.9 Å². The fourth-order valence-corrected chi connectivity index (χ4v) is 1.48. The lowest BCUT2D eigenvalue weighted by Crippen LogP contribution is -2.38. The summed E-state index contributed by atoms with van der Waals surface area (Å²) in [5.41, 5.74) is 0.512. The fourth-order valence-electron chi connectivity index (χ4n) is 1.48. The van der Waals surface area contributed by atoms with Crippen LogP contribution >= 0.6 is 0 Å². The summed E-state index contributed by atoms with van der Waals surface area (Å²) < 4.78 is 5.16.